The van der Waals surface area contributed by atoms with Crippen molar-refractivity contribution in [3.8, 4) is 11.5 Å². The Morgan fingerprint density at radius 3 is 2.68 bits per heavy atom. The number of sulfone groups is 1. The van der Waals surface area contributed by atoms with Gasteiger partial charge in [0.15, 0.2) is 9.84 Å². The summed E-state index contributed by atoms with van der Waals surface area (Å²) in [5.74, 6) is 0.965. The average molecular weight is 278 g/mol. The molecule has 0 aliphatic heterocycles. The number of hydrogen-bond acceptors (Lipinski definition) is 5. The minimum atomic E-state index is -3.25. The number of hydrogen-bond donors (Lipinski definition) is 1. The van der Waals surface area contributed by atoms with Crippen LogP contribution in [0.1, 0.15) is 5.56 Å². The molecule has 0 aliphatic rings. The largest absolute Gasteiger partial charge is 0.456 e. The van der Waals surface area contributed by atoms with Gasteiger partial charge in [-0.05, 0) is 29.8 Å². The third-order valence-corrected chi connectivity index (χ3v) is 3.59. The molecule has 0 radical (unpaired) electrons. The predicted octanol–water partition coefficient (Wildman–Crippen LogP) is 1.74. The minimum absolute atomic E-state index is 0.216. The Balaban J connectivity index is 2.28. The third-order valence-electron chi connectivity index (χ3n) is 2.47. The molecule has 5 nitrogen and oxygen atoms in total. The summed E-state index contributed by atoms with van der Waals surface area (Å²) in [7, 11) is -3.25. The maximum atomic E-state index is 11.5. The number of benzene rings is 1. The molecule has 0 amide bonds. The summed E-state index contributed by atoms with van der Waals surface area (Å²) < 4.78 is 28.5. The number of nitrogens with zero attached hydrogens (tertiary/aromatic N) is 1. The van der Waals surface area contributed by atoms with E-state index < -0.39 is 9.84 Å². The van der Waals surface area contributed by atoms with E-state index >= 15 is 0 Å². The summed E-state index contributed by atoms with van der Waals surface area (Å²) in [6.07, 6.45) is 4.36. The maximum Gasteiger partial charge on any atom is 0.175 e. The van der Waals surface area contributed by atoms with E-state index in [1.165, 1.54) is 12.1 Å². The van der Waals surface area contributed by atoms with Crippen molar-refractivity contribution >= 4 is 9.84 Å². The Bertz CT molecular complexity index is 684. The van der Waals surface area contributed by atoms with Crippen LogP contribution in [0, 0.1) is 0 Å². The van der Waals surface area contributed by atoms with Crippen LogP contribution in [0.3, 0.4) is 0 Å². The zero-order valence-corrected chi connectivity index (χ0v) is 11.2. The van der Waals surface area contributed by atoms with Gasteiger partial charge in [-0.15, -0.1) is 0 Å². The van der Waals surface area contributed by atoms with Crippen LogP contribution in [0.25, 0.3) is 0 Å². The number of aromatic nitrogens is 1. The van der Waals surface area contributed by atoms with Crippen molar-refractivity contribution in [1.82, 2.24) is 4.98 Å². The number of ether oxygens (including phenoxy) is 1. The van der Waals surface area contributed by atoms with Gasteiger partial charge in [-0.1, -0.05) is 6.07 Å². The predicted molar refractivity (Wildman–Crippen MR) is 71.8 cm³/mol. The molecule has 2 aromatic rings. The average Bonchev–Trinajstić information content (AvgIpc) is 2.38. The Hall–Kier alpha value is -1.92. The van der Waals surface area contributed by atoms with E-state index in [2.05, 4.69) is 4.98 Å². The monoisotopic (exact) mass is 278 g/mol. The molecule has 1 heterocycles. The molecule has 19 heavy (non-hydrogen) atoms. The fourth-order valence-electron chi connectivity index (χ4n) is 1.54. The topological polar surface area (TPSA) is 82.3 Å². The first-order valence-corrected chi connectivity index (χ1v) is 7.50. The molecular formula is C13H14N2O3S. The van der Waals surface area contributed by atoms with E-state index in [0.717, 1.165) is 11.8 Å². The van der Waals surface area contributed by atoms with Crippen molar-refractivity contribution in [2.45, 2.75) is 11.4 Å². The van der Waals surface area contributed by atoms with Gasteiger partial charge in [0.05, 0.1) is 11.1 Å². The number of rotatable bonds is 4. The van der Waals surface area contributed by atoms with Gasteiger partial charge in [0.25, 0.3) is 0 Å². The highest BCUT2D eigenvalue weighted by Gasteiger charge is 2.08. The fourth-order valence-corrected chi connectivity index (χ4v) is 2.19. The molecule has 2 rings (SSSR count). The molecular weight excluding hydrogens is 264 g/mol. The van der Waals surface area contributed by atoms with Crippen molar-refractivity contribution in [2.75, 3.05) is 6.26 Å². The van der Waals surface area contributed by atoms with Gasteiger partial charge < -0.3 is 10.5 Å². The van der Waals surface area contributed by atoms with Crippen LogP contribution in [-0.4, -0.2) is 19.7 Å². The summed E-state index contributed by atoms with van der Waals surface area (Å²) in [4.78, 5) is 4.22. The van der Waals surface area contributed by atoms with Crippen molar-refractivity contribution in [1.29, 1.82) is 0 Å². The summed E-state index contributed by atoms with van der Waals surface area (Å²) in [6.45, 7) is 0.369. The van der Waals surface area contributed by atoms with Crippen molar-refractivity contribution in [3.05, 3.63) is 48.3 Å². The molecule has 0 spiro atoms. The zero-order valence-electron chi connectivity index (χ0n) is 10.4. The number of pyridine rings is 1. The first-order valence-electron chi connectivity index (χ1n) is 5.61. The van der Waals surface area contributed by atoms with Crippen molar-refractivity contribution < 1.29 is 13.2 Å². The third kappa shape index (κ3) is 3.52. The SMILES string of the molecule is CS(=O)(=O)c1cccc(Oc2cncc(CN)c2)c1. The molecule has 1 aromatic carbocycles. The number of nitrogens with two attached hydrogens (primary N) is 1. The maximum absolute atomic E-state index is 11.5. The lowest BCUT2D eigenvalue weighted by molar-refractivity contribution is 0.477. The van der Waals surface area contributed by atoms with Gasteiger partial charge in [-0.25, -0.2) is 8.42 Å². The van der Waals surface area contributed by atoms with E-state index in [0.29, 0.717) is 18.0 Å². The second-order valence-electron chi connectivity index (χ2n) is 4.08. The molecule has 2 N–H and O–H groups in total. The lowest BCUT2D eigenvalue weighted by atomic mass is 10.3. The van der Waals surface area contributed by atoms with E-state index in [4.69, 9.17) is 10.5 Å². The highest BCUT2D eigenvalue weighted by Crippen LogP contribution is 2.23. The van der Waals surface area contributed by atoms with Crippen molar-refractivity contribution in [3.63, 3.8) is 0 Å². The van der Waals surface area contributed by atoms with Gasteiger partial charge in [0.2, 0.25) is 0 Å². The van der Waals surface area contributed by atoms with Crippen molar-refractivity contribution in [2.24, 2.45) is 5.73 Å². The second-order valence-corrected chi connectivity index (χ2v) is 6.10. The summed E-state index contributed by atoms with van der Waals surface area (Å²) in [5, 5.41) is 0. The summed E-state index contributed by atoms with van der Waals surface area (Å²) in [5.41, 5.74) is 6.36. The second kappa shape index (κ2) is 5.38. The Morgan fingerprint density at radius 1 is 1.21 bits per heavy atom. The van der Waals surface area contributed by atoms with Crippen LogP contribution >= 0.6 is 0 Å². The van der Waals surface area contributed by atoms with Gasteiger partial charge in [-0.3, -0.25) is 4.98 Å². The first-order chi connectivity index (χ1) is 8.99. The molecule has 0 atom stereocenters. The van der Waals surface area contributed by atoms with E-state index in [9.17, 15) is 8.42 Å². The molecule has 1 aromatic heterocycles. The molecule has 0 saturated carbocycles. The lowest BCUT2D eigenvalue weighted by Gasteiger charge is -2.07. The first kappa shape index (κ1) is 13.5. The molecule has 0 fully saturated rings. The minimum Gasteiger partial charge on any atom is -0.456 e. The molecule has 100 valence electrons. The molecule has 0 saturated heterocycles. The lowest BCUT2D eigenvalue weighted by Crippen LogP contribution is -1.98. The van der Waals surface area contributed by atoms with Crippen LogP contribution < -0.4 is 10.5 Å². The standard InChI is InChI=1S/C13H14N2O3S/c1-19(16,17)13-4-2-3-11(6-13)18-12-5-10(7-14)8-15-9-12/h2-6,8-9H,7,14H2,1H3. The quantitative estimate of drug-likeness (QED) is 0.921. The highest BCUT2D eigenvalue weighted by atomic mass is 32.2. The molecule has 6 heteroatoms. The normalized spacial score (nSPS) is 11.3. The highest BCUT2D eigenvalue weighted by molar-refractivity contribution is 7.90. The van der Waals surface area contributed by atoms with Gasteiger partial charge in [-0.2, -0.15) is 0 Å². The Kier molecular flexibility index (Phi) is 3.82. The Labute approximate surface area is 112 Å². The van der Waals surface area contributed by atoms with Crippen LogP contribution in [-0.2, 0) is 16.4 Å². The summed E-state index contributed by atoms with van der Waals surface area (Å²) >= 11 is 0. The Morgan fingerprint density at radius 2 is 2.00 bits per heavy atom. The van der Waals surface area contributed by atoms with Crippen LogP contribution in [0.15, 0.2) is 47.6 Å². The molecule has 0 aliphatic carbocycles. The van der Waals surface area contributed by atoms with Gasteiger partial charge in [0.1, 0.15) is 11.5 Å². The van der Waals surface area contributed by atoms with E-state index in [1.807, 2.05) is 0 Å². The van der Waals surface area contributed by atoms with E-state index in [1.54, 1.807) is 30.6 Å². The van der Waals surface area contributed by atoms with Crippen LogP contribution in [0.4, 0.5) is 0 Å². The molecule has 0 unspecified atom stereocenters. The summed E-state index contributed by atoms with van der Waals surface area (Å²) in [6, 6.07) is 8.08. The van der Waals surface area contributed by atoms with Gasteiger partial charge in [0, 0.05) is 19.0 Å². The smallest absolute Gasteiger partial charge is 0.175 e. The van der Waals surface area contributed by atoms with Crippen LogP contribution in [0.5, 0.6) is 11.5 Å². The van der Waals surface area contributed by atoms with Gasteiger partial charge >= 0.3 is 0 Å². The van der Waals surface area contributed by atoms with Crippen LogP contribution in [0.2, 0.25) is 0 Å². The molecule has 0 bridgehead atoms. The van der Waals surface area contributed by atoms with E-state index in [-0.39, 0.29) is 4.90 Å². The fraction of sp³-hybridized carbons (Fsp3) is 0.154. The zero-order chi connectivity index (χ0) is 13.9.